The van der Waals surface area contributed by atoms with Gasteiger partial charge in [-0.05, 0) is 54.8 Å². The zero-order valence-corrected chi connectivity index (χ0v) is 16.1. The summed E-state index contributed by atoms with van der Waals surface area (Å²) < 4.78 is 0. The van der Waals surface area contributed by atoms with Crippen molar-refractivity contribution in [1.82, 2.24) is 4.90 Å². The van der Waals surface area contributed by atoms with Crippen molar-refractivity contribution in [2.45, 2.75) is 39.0 Å². The Morgan fingerprint density at radius 2 is 1.88 bits per heavy atom. The number of benzene rings is 1. The van der Waals surface area contributed by atoms with Crippen molar-refractivity contribution in [3.63, 3.8) is 0 Å². The number of likely N-dealkylation sites (tertiary alicyclic amines) is 1. The van der Waals surface area contributed by atoms with Gasteiger partial charge in [0.1, 0.15) is 0 Å². The highest BCUT2D eigenvalue weighted by Crippen LogP contribution is 2.22. The number of thiophene rings is 1. The first-order valence-corrected chi connectivity index (χ1v) is 10.3. The summed E-state index contributed by atoms with van der Waals surface area (Å²) >= 11 is 1.47. The van der Waals surface area contributed by atoms with Crippen molar-refractivity contribution in [1.29, 1.82) is 0 Å². The third-order valence-corrected chi connectivity index (χ3v) is 5.78. The molecular formula is C21H26N2O2S. The Hall–Kier alpha value is -2.14. The summed E-state index contributed by atoms with van der Waals surface area (Å²) in [4.78, 5) is 27.5. The van der Waals surface area contributed by atoms with E-state index < -0.39 is 0 Å². The van der Waals surface area contributed by atoms with Crippen LogP contribution in [0.3, 0.4) is 0 Å². The van der Waals surface area contributed by atoms with Crippen molar-refractivity contribution in [2.24, 2.45) is 5.92 Å². The van der Waals surface area contributed by atoms with Crippen molar-refractivity contribution in [2.75, 3.05) is 18.4 Å². The normalized spacial score (nSPS) is 15.0. The van der Waals surface area contributed by atoms with Crippen molar-refractivity contribution >= 4 is 28.8 Å². The van der Waals surface area contributed by atoms with Crippen LogP contribution in [-0.4, -0.2) is 29.8 Å². The number of hydrogen-bond acceptors (Lipinski definition) is 3. The molecule has 26 heavy (non-hydrogen) atoms. The van der Waals surface area contributed by atoms with E-state index >= 15 is 0 Å². The number of carbonyl (C=O) groups excluding carboxylic acids is 2. The monoisotopic (exact) mass is 370 g/mol. The van der Waals surface area contributed by atoms with Crippen LogP contribution in [0.1, 0.15) is 47.8 Å². The minimum atomic E-state index is -0.0258. The van der Waals surface area contributed by atoms with Gasteiger partial charge < -0.3 is 10.2 Å². The molecule has 2 amide bonds. The molecule has 1 fully saturated rings. The van der Waals surface area contributed by atoms with E-state index in [0.29, 0.717) is 13.1 Å². The Bertz CT molecular complexity index is 717. The molecule has 1 aliphatic heterocycles. The maximum Gasteiger partial charge on any atom is 0.263 e. The molecule has 0 atom stereocenters. The molecule has 1 N–H and O–H groups in total. The molecule has 0 saturated carbocycles. The average Bonchev–Trinajstić information content (AvgIpc) is 3.22. The van der Waals surface area contributed by atoms with Crippen LogP contribution < -0.4 is 5.32 Å². The number of anilines is 1. The molecular weight excluding hydrogens is 344 g/mol. The fraction of sp³-hybridized carbons (Fsp3) is 0.429. The third-order valence-electron chi connectivity index (χ3n) is 4.93. The topological polar surface area (TPSA) is 49.4 Å². The Kier molecular flexibility index (Phi) is 6.45. The van der Waals surface area contributed by atoms with Crippen LogP contribution >= 0.6 is 11.3 Å². The number of hydrogen-bond donors (Lipinski definition) is 1. The molecule has 0 spiro atoms. The van der Waals surface area contributed by atoms with Crippen LogP contribution in [0.15, 0.2) is 41.8 Å². The van der Waals surface area contributed by atoms with E-state index in [1.807, 2.05) is 34.5 Å². The molecule has 4 nitrogen and oxygen atoms in total. The lowest BCUT2D eigenvalue weighted by Crippen LogP contribution is -2.41. The van der Waals surface area contributed by atoms with Crippen LogP contribution in [-0.2, 0) is 11.2 Å². The molecule has 138 valence electrons. The molecule has 0 aliphatic carbocycles. The van der Waals surface area contributed by atoms with Gasteiger partial charge in [0.25, 0.3) is 5.91 Å². The first kappa shape index (κ1) is 18.6. The van der Waals surface area contributed by atoms with Crippen LogP contribution in [0.4, 0.5) is 5.69 Å². The van der Waals surface area contributed by atoms with Gasteiger partial charge in [-0.3, -0.25) is 9.59 Å². The summed E-state index contributed by atoms with van der Waals surface area (Å²) in [6.45, 7) is 3.48. The number of piperidine rings is 1. The van der Waals surface area contributed by atoms with Gasteiger partial charge >= 0.3 is 0 Å². The van der Waals surface area contributed by atoms with E-state index in [1.165, 1.54) is 29.7 Å². The maximum absolute atomic E-state index is 12.5. The van der Waals surface area contributed by atoms with Gasteiger partial charge in [-0.2, -0.15) is 0 Å². The van der Waals surface area contributed by atoms with E-state index in [2.05, 4.69) is 24.4 Å². The molecule has 1 aromatic heterocycles. The molecule has 2 aromatic rings. The van der Waals surface area contributed by atoms with Crippen LogP contribution in [0.2, 0.25) is 0 Å². The Morgan fingerprint density at radius 3 is 2.50 bits per heavy atom. The smallest absolute Gasteiger partial charge is 0.263 e. The first-order chi connectivity index (χ1) is 12.7. The number of aryl methyl sites for hydroxylation is 1. The van der Waals surface area contributed by atoms with Crippen LogP contribution in [0.5, 0.6) is 0 Å². The summed E-state index contributed by atoms with van der Waals surface area (Å²) in [5.41, 5.74) is 2.16. The van der Waals surface area contributed by atoms with Crippen molar-refractivity contribution < 1.29 is 9.59 Å². The van der Waals surface area contributed by atoms with E-state index in [0.717, 1.165) is 29.8 Å². The Morgan fingerprint density at radius 1 is 1.15 bits per heavy atom. The van der Waals surface area contributed by atoms with Gasteiger partial charge in [-0.15, -0.1) is 11.3 Å². The second kappa shape index (κ2) is 8.99. The molecule has 1 aromatic carbocycles. The van der Waals surface area contributed by atoms with E-state index in [4.69, 9.17) is 0 Å². The molecule has 2 heterocycles. The number of rotatable bonds is 6. The van der Waals surface area contributed by atoms with E-state index in [-0.39, 0.29) is 17.7 Å². The predicted molar refractivity (Wildman–Crippen MR) is 107 cm³/mol. The largest absolute Gasteiger partial charge is 0.338 e. The van der Waals surface area contributed by atoms with Crippen LogP contribution in [0.25, 0.3) is 0 Å². The van der Waals surface area contributed by atoms with E-state index in [1.54, 1.807) is 0 Å². The second-order valence-electron chi connectivity index (χ2n) is 6.83. The zero-order valence-electron chi connectivity index (χ0n) is 15.2. The highest BCUT2D eigenvalue weighted by molar-refractivity contribution is 7.12. The molecule has 0 radical (unpaired) electrons. The first-order valence-electron chi connectivity index (χ1n) is 9.40. The zero-order chi connectivity index (χ0) is 18.4. The van der Waals surface area contributed by atoms with E-state index in [9.17, 15) is 9.59 Å². The van der Waals surface area contributed by atoms with Gasteiger partial charge in [-0.1, -0.05) is 31.5 Å². The fourth-order valence-electron chi connectivity index (χ4n) is 3.28. The van der Waals surface area contributed by atoms with Crippen molar-refractivity contribution in [3.8, 4) is 0 Å². The molecule has 1 aliphatic rings. The number of amides is 2. The lowest BCUT2D eigenvalue weighted by atomic mass is 9.95. The second-order valence-corrected chi connectivity index (χ2v) is 7.78. The molecule has 1 saturated heterocycles. The van der Waals surface area contributed by atoms with Crippen LogP contribution in [0, 0.1) is 5.92 Å². The van der Waals surface area contributed by atoms with Gasteiger partial charge in [-0.25, -0.2) is 0 Å². The summed E-state index contributed by atoms with van der Waals surface area (Å²) in [6.07, 6.45) is 4.90. The van der Waals surface area contributed by atoms with Crippen molar-refractivity contribution in [3.05, 3.63) is 52.2 Å². The fourth-order valence-corrected chi connectivity index (χ4v) is 3.97. The minimum Gasteiger partial charge on any atom is -0.338 e. The number of nitrogens with zero attached hydrogens (tertiary/aromatic N) is 1. The van der Waals surface area contributed by atoms with Gasteiger partial charge in [0.05, 0.1) is 4.88 Å². The molecule has 0 bridgehead atoms. The number of unbranched alkanes of at least 4 members (excludes halogenated alkanes) is 1. The Labute approximate surface area is 159 Å². The number of nitrogens with one attached hydrogen (secondary N) is 1. The highest BCUT2D eigenvalue weighted by atomic mass is 32.1. The Balaban J connectivity index is 1.48. The van der Waals surface area contributed by atoms with Gasteiger partial charge in [0, 0.05) is 24.7 Å². The standard InChI is InChI=1S/C21H26N2O2S/c1-2-3-5-16-7-9-18(10-8-16)22-20(24)17-11-13-23(14-12-17)21(25)19-6-4-15-26-19/h4,6-10,15,17H,2-3,5,11-14H2,1H3,(H,22,24). The lowest BCUT2D eigenvalue weighted by molar-refractivity contribution is -0.121. The summed E-state index contributed by atoms with van der Waals surface area (Å²) in [5, 5.41) is 4.94. The minimum absolute atomic E-state index is 0.0258. The summed E-state index contributed by atoms with van der Waals surface area (Å²) in [7, 11) is 0. The molecule has 5 heteroatoms. The quantitative estimate of drug-likeness (QED) is 0.809. The number of carbonyl (C=O) groups is 2. The summed E-state index contributed by atoms with van der Waals surface area (Å²) in [5.74, 6) is 0.123. The van der Waals surface area contributed by atoms with Gasteiger partial charge in [0.15, 0.2) is 0 Å². The SMILES string of the molecule is CCCCc1ccc(NC(=O)C2CCN(C(=O)c3cccs3)CC2)cc1. The summed E-state index contributed by atoms with van der Waals surface area (Å²) in [6, 6.07) is 11.9. The predicted octanol–water partition coefficient (Wildman–Crippen LogP) is 4.58. The average molecular weight is 371 g/mol. The van der Waals surface area contributed by atoms with Gasteiger partial charge in [0.2, 0.25) is 5.91 Å². The third kappa shape index (κ3) is 4.73. The lowest BCUT2D eigenvalue weighted by Gasteiger charge is -2.31. The highest BCUT2D eigenvalue weighted by Gasteiger charge is 2.28. The maximum atomic E-state index is 12.5. The molecule has 0 unspecified atom stereocenters. The molecule has 3 rings (SSSR count).